The van der Waals surface area contributed by atoms with E-state index in [0.717, 1.165) is 18.0 Å². The fourth-order valence-electron chi connectivity index (χ4n) is 4.16. The first-order valence-corrected chi connectivity index (χ1v) is 7.97. The summed E-state index contributed by atoms with van der Waals surface area (Å²) in [6, 6.07) is 2.20. The Bertz CT molecular complexity index is 601. The molecule has 0 radical (unpaired) electrons. The van der Waals surface area contributed by atoms with E-state index in [-0.39, 0.29) is 16.5 Å². The van der Waals surface area contributed by atoms with Crippen LogP contribution < -0.4 is 10.5 Å². The van der Waals surface area contributed by atoms with Crippen molar-refractivity contribution in [2.45, 2.75) is 53.1 Å². The molecule has 0 saturated heterocycles. The number of thiocarbonyl (C=S) groups is 1. The van der Waals surface area contributed by atoms with Gasteiger partial charge in [-0.2, -0.15) is 4.98 Å². The minimum absolute atomic E-state index is 0.173. The van der Waals surface area contributed by atoms with Gasteiger partial charge in [0.1, 0.15) is 16.8 Å². The van der Waals surface area contributed by atoms with E-state index in [0.29, 0.717) is 17.1 Å². The third-order valence-electron chi connectivity index (χ3n) is 6.05. The fraction of sp³-hybridized carbons (Fsp3) is 0.688. The zero-order valence-corrected chi connectivity index (χ0v) is 14.0. The van der Waals surface area contributed by atoms with Crippen LogP contribution in [0.25, 0.3) is 0 Å². The molecule has 21 heavy (non-hydrogen) atoms. The van der Waals surface area contributed by atoms with Crippen molar-refractivity contribution in [3.05, 3.63) is 17.5 Å². The molecule has 2 bridgehead atoms. The number of nitrogens with zero attached hydrogens (tertiary/aromatic N) is 2. The average Bonchev–Trinajstić information content (AvgIpc) is 2.71. The number of aromatic nitrogens is 2. The number of hydrogen-bond donors (Lipinski definition) is 1. The Morgan fingerprint density at radius 3 is 2.62 bits per heavy atom. The van der Waals surface area contributed by atoms with E-state index in [1.54, 1.807) is 6.07 Å². The molecule has 4 nitrogen and oxygen atoms in total. The van der Waals surface area contributed by atoms with Gasteiger partial charge in [0, 0.05) is 11.1 Å². The van der Waals surface area contributed by atoms with Gasteiger partial charge in [-0.3, -0.25) is 0 Å². The SMILES string of the molecule is Cc1cc(C(N)=S)nc(OC2CC3CCC2(C)C3(C)C)n1. The molecule has 114 valence electrons. The first kappa shape index (κ1) is 14.7. The van der Waals surface area contributed by atoms with E-state index in [4.69, 9.17) is 22.7 Å². The summed E-state index contributed by atoms with van der Waals surface area (Å²) in [5.41, 5.74) is 7.59. The largest absolute Gasteiger partial charge is 0.460 e. The van der Waals surface area contributed by atoms with Crippen LogP contribution in [-0.4, -0.2) is 21.1 Å². The van der Waals surface area contributed by atoms with Gasteiger partial charge in [0.25, 0.3) is 0 Å². The Hall–Kier alpha value is -1.23. The molecular formula is C16H23N3OS. The first-order valence-electron chi connectivity index (χ1n) is 7.56. The quantitative estimate of drug-likeness (QED) is 0.870. The van der Waals surface area contributed by atoms with E-state index < -0.39 is 0 Å². The van der Waals surface area contributed by atoms with E-state index in [1.165, 1.54) is 12.8 Å². The molecule has 2 saturated carbocycles. The van der Waals surface area contributed by atoms with E-state index in [2.05, 4.69) is 30.7 Å². The molecular weight excluding hydrogens is 282 g/mol. The lowest BCUT2D eigenvalue weighted by Crippen LogP contribution is -2.39. The first-order chi connectivity index (χ1) is 9.74. The third kappa shape index (κ3) is 2.13. The van der Waals surface area contributed by atoms with Crippen molar-refractivity contribution in [2.24, 2.45) is 22.5 Å². The van der Waals surface area contributed by atoms with Crippen LogP contribution in [0.3, 0.4) is 0 Å². The highest BCUT2D eigenvalue weighted by molar-refractivity contribution is 7.80. The Labute approximate surface area is 131 Å². The molecule has 1 aromatic heterocycles. The second-order valence-corrected chi connectivity index (χ2v) is 7.70. The zero-order chi connectivity index (χ0) is 15.4. The van der Waals surface area contributed by atoms with Crippen LogP contribution in [0.15, 0.2) is 6.07 Å². The number of ether oxygens (including phenoxy) is 1. The van der Waals surface area contributed by atoms with Crippen LogP contribution in [0.2, 0.25) is 0 Å². The van der Waals surface area contributed by atoms with Crippen molar-refractivity contribution in [1.29, 1.82) is 0 Å². The number of fused-ring (bicyclic) bond motifs is 2. The Morgan fingerprint density at radius 2 is 2.10 bits per heavy atom. The highest BCUT2D eigenvalue weighted by atomic mass is 32.1. The summed E-state index contributed by atoms with van der Waals surface area (Å²) >= 11 is 5.01. The summed E-state index contributed by atoms with van der Waals surface area (Å²) in [4.78, 5) is 9.04. The number of nitrogens with two attached hydrogens (primary N) is 1. The smallest absolute Gasteiger partial charge is 0.317 e. The van der Waals surface area contributed by atoms with Crippen LogP contribution in [0, 0.1) is 23.7 Å². The van der Waals surface area contributed by atoms with E-state index in [9.17, 15) is 0 Å². The van der Waals surface area contributed by atoms with Gasteiger partial charge in [0.15, 0.2) is 0 Å². The van der Waals surface area contributed by atoms with Gasteiger partial charge in [0.05, 0.1) is 0 Å². The normalized spacial score (nSPS) is 33.1. The summed E-state index contributed by atoms with van der Waals surface area (Å²) in [5, 5.41) is 0. The van der Waals surface area contributed by atoms with Crippen molar-refractivity contribution >= 4 is 17.2 Å². The summed E-state index contributed by atoms with van der Waals surface area (Å²) in [6.45, 7) is 8.98. The maximum Gasteiger partial charge on any atom is 0.317 e. The molecule has 3 atom stereocenters. The molecule has 2 aliphatic rings. The van der Waals surface area contributed by atoms with Crippen molar-refractivity contribution in [3.8, 4) is 6.01 Å². The summed E-state index contributed by atoms with van der Waals surface area (Å²) < 4.78 is 6.18. The average molecular weight is 305 g/mol. The van der Waals surface area contributed by atoms with Gasteiger partial charge in [-0.15, -0.1) is 0 Å². The minimum Gasteiger partial charge on any atom is -0.460 e. The predicted octanol–water partition coefficient (Wildman–Crippen LogP) is 3.01. The topological polar surface area (TPSA) is 61.0 Å². The third-order valence-corrected chi connectivity index (χ3v) is 6.26. The standard InChI is InChI=1S/C16H23N3OS/c1-9-7-11(13(17)21)19-14(18-9)20-12-8-10-5-6-16(12,4)15(10,2)3/h7,10,12H,5-6,8H2,1-4H3,(H2,17,21). The lowest BCUT2D eigenvalue weighted by Gasteiger charge is -2.38. The van der Waals surface area contributed by atoms with Gasteiger partial charge in [-0.1, -0.05) is 33.0 Å². The van der Waals surface area contributed by atoms with Gasteiger partial charge in [-0.25, -0.2) is 4.98 Å². The van der Waals surface area contributed by atoms with Crippen LogP contribution in [-0.2, 0) is 0 Å². The van der Waals surface area contributed by atoms with Crippen molar-refractivity contribution in [2.75, 3.05) is 0 Å². The highest BCUT2D eigenvalue weighted by Gasteiger charge is 2.62. The maximum absolute atomic E-state index is 6.18. The molecule has 2 fully saturated rings. The minimum atomic E-state index is 0.173. The lowest BCUT2D eigenvalue weighted by atomic mass is 9.70. The Morgan fingerprint density at radius 1 is 1.38 bits per heavy atom. The molecule has 0 aromatic carbocycles. The second kappa shape index (κ2) is 4.63. The summed E-state index contributed by atoms with van der Waals surface area (Å²) in [5.74, 6) is 0.729. The Balaban J connectivity index is 1.87. The second-order valence-electron chi connectivity index (χ2n) is 7.26. The number of hydrogen-bond acceptors (Lipinski definition) is 4. The molecule has 1 heterocycles. The molecule has 3 unspecified atom stereocenters. The highest BCUT2D eigenvalue weighted by Crippen LogP contribution is 2.66. The van der Waals surface area contributed by atoms with E-state index >= 15 is 0 Å². The summed E-state index contributed by atoms with van der Waals surface area (Å²) in [7, 11) is 0. The predicted molar refractivity (Wildman–Crippen MR) is 86.3 cm³/mol. The van der Waals surface area contributed by atoms with Gasteiger partial charge >= 0.3 is 6.01 Å². The monoisotopic (exact) mass is 305 g/mol. The molecule has 2 aliphatic carbocycles. The van der Waals surface area contributed by atoms with Crippen molar-refractivity contribution in [1.82, 2.24) is 9.97 Å². The van der Waals surface area contributed by atoms with Crippen LogP contribution >= 0.6 is 12.2 Å². The Kier molecular flexibility index (Phi) is 3.24. The number of rotatable bonds is 3. The molecule has 0 spiro atoms. The van der Waals surface area contributed by atoms with Crippen LogP contribution in [0.5, 0.6) is 6.01 Å². The molecule has 2 N–H and O–H groups in total. The van der Waals surface area contributed by atoms with Crippen molar-refractivity contribution < 1.29 is 4.74 Å². The number of aryl methyl sites for hydroxylation is 1. The van der Waals surface area contributed by atoms with Gasteiger partial charge in [-0.05, 0) is 43.6 Å². The lowest BCUT2D eigenvalue weighted by molar-refractivity contribution is 0.0240. The summed E-state index contributed by atoms with van der Waals surface area (Å²) in [6.07, 6.45) is 3.77. The zero-order valence-electron chi connectivity index (χ0n) is 13.1. The molecule has 5 heteroatoms. The molecule has 1 aromatic rings. The van der Waals surface area contributed by atoms with Crippen LogP contribution in [0.4, 0.5) is 0 Å². The van der Waals surface area contributed by atoms with Crippen LogP contribution in [0.1, 0.15) is 51.4 Å². The molecule has 0 aliphatic heterocycles. The van der Waals surface area contributed by atoms with Gasteiger partial charge in [0.2, 0.25) is 0 Å². The molecule has 3 rings (SSSR count). The van der Waals surface area contributed by atoms with Crippen molar-refractivity contribution in [3.63, 3.8) is 0 Å². The molecule has 0 amide bonds. The van der Waals surface area contributed by atoms with E-state index in [1.807, 2.05) is 6.92 Å². The van der Waals surface area contributed by atoms with Gasteiger partial charge < -0.3 is 10.5 Å². The maximum atomic E-state index is 6.18. The fourth-order valence-corrected chi connectivity index (χ4v) is 4.26.